The summed E-state index contributed by atoms with van der Waals surface area (Å²) < 4.78 is 18.5. The highest BCUT2D eigenvalue weighted by atomic mass is 19.1. The van der Waals surface area contributed by atoms with Gasteiger partial charge in [-0.25, -0.2) is 9.37 Å². The van der Waals surface area contributed by atoms with E-state index in [1.807, 2.05) is 19.0 Å². The molecule has 0 fully saturated rings. The highest BCUT2D eigenvalue weighted by Crippen LogP contribution is 2.15. The summed E-state index contributed by atoms with van der Waals surface area (Å²) in [6, 6.07) is 1.44. The molecule has 0 aliphatic carbocycles. The van der Waals surface area contributed by atoms with Gasteiger partial charge in [0, 0.05) is 18.7 Å². The molecule has 4 nitrogen and oxygen atoms in total. The monoisotopic (exact) mass is 227 g/mol. The standard InChI is InChI=1S/C11H18FN3O/c1-13-7-9-6-10(12)8-14-11(9)16-5-4-15(2)3/h6,8,13H,4-5,7H2,1-3H3. The molecular weight excluding hydrogens is 209 g/mol. The predicted molar refractivity (Wildman–Crippen MR) is 61.0 cm³/mol. The van der Waals surface area contributed by atoms with Gasteiger partial charge in [0.1, 0.15) is 12.4 Å². The first-order valence-electron chi connectivity index (χ1n) is 5.20. The van der Waals surface area contributed by atoms with Crippen LogP contribution in [0.1, 0.15) is 5.56 Å². The van der Waals surface area contributed by atoms with Gasteiger partial charge in [-0.15, -0.1) is 0 Å². The first kappa shape index (κ1) is 12.9. The van der Waals surface area contributed by atoms with Crippen molar-refractivity contribution in [1.29, 1.82) is 0 Å². The largest absolute Gasteiger partial charge is 0.476 e. The molecule has 5 heteroatoms. The Balaban J connectivity index is 2.63. The fourth-order valence-corrected chi connectivity index (χ4v) is 1.24. The van der Waals surface area contributed by atoms with Gasteiger partial charge >= 0.3 is 0 Å². The average molecular weight is 227 g/mol. The van der Waals surface area contributed by atoms with Crippen molar-refractivity contribution in [3.05, 3.63) is 23.6 Å². The number of nitrogens with zero attached hydrogens (tertiary/aromatic N) is 2. The zero-order chi connectivity index (χ0) is 12.0. The molecule has 0 aromatic carbocycles. The van der Waals surface area contributed by atoms with Gasteiger partial charge in [0.2, 0.25) is 5.88 Å². The number of hydrogen-bond donors (Lipinski definition) is 1. The molecule has 0 atom stereocenters. The van der Waals surface area contributed by atoms with E-state index in [1.54, 1.807) is 7.05 Å². The van der Waals surface area contributed by atoms with Crippen molar-refractivity contribution in [3.63, 3.8) is 0 Å². The predicted octanol–water partition coefficient (Wildman–Crippen LogP) is 0.880. The van der Waals surface area contributed by atoms with Crippen molar-refractivity contribution >= 4 is 0 Å². The Hall–Kier alpha value is -1.20. The maximum absolute atomic E-state index is 13.0. The Morgan fingerprint density at radius 3 is 2.88 bits per heavy atom. The minimum absolute atomic E-state index is 0.342. The van der Waals surface area contributed by atoms with Crippen LogP contribution < -0.4 is 10.1 Å². The van der Waals surface area contributed by atoms with E-state index >= 15 is 0 Å². The molecule has 1 aromatic heterocycles. The van der Waals surface area contributed by atoms with E-state index in [-0.39, 0.29) is 5.82 Å². The second-order valence-electron chi connectivity index (χ2n) is 3.80. The summed E-state index contributed by atoms with van der Waals surface area (Å²) in [5, 5.41) is 2.95. The van der Waals surface area contributed by atoms with Crippen LogP contribution in [0.15, 0.2) is 12.3 Å². The van der Waals surface area contributed by atoms with Crippen LogP contribution in [0.4, 0.5) is 4.39 Å². The number of nitrogens with one attached hydrogen (secondary N) is 1. The summed E-state index contributed by atoms with van der Waals surface area (Å²) in [6.07, 6.45) is 1.17. The van der Waals surface area contributed by atoms with Crippen LogP contribution in [-0.4, -0.2) is 44.2 Å². The Labute approximate surface area is 95.4 Å². The quantitative estimate of drug-likeness (QED) is 0.783. The number of likely N-dealkylation sites (N-methyl/N-ethyl adjacent to an activating group) is 1. The van der Waals surface area contributed by atoms with E-state index < -0.39 is 0 Å². The fraction of sp³-hybridized carbons (Fsp3) is 0.545. The topological polar surface area (TPSA) is 37.4 Å². The van der Waals surface area contributed by atoms with Crippen LogP contribution in [-0.2, 0) is 6.54 Å². The van der Waals surface area contributed by atoms with Crippen molar-refractivity contribution in [2.45, 2.75) is 6.54 Å². The molecular formula is C11H18FN3O. The third-order valence-corrected chi connectivity index (χ3v) is 2.04. The minimum atomic E-state index is -0.342. The van der Waals surface area contributed by atoms with Crippen molar-refractivity contribution in [1.82, 2.24) is 15.2 Å². The summed E-state index contributed by atoms with van der Waals surface area (Å²) in [4.78, 5) is 5.95. The molecule has 0 spiro atoms. The maximum Gasteiger partial charge on any atom is 0.218 e. The Morgan fingerprint density at radius 1 is 1.50 bits per heavy atom. The second-order valence-corrected chi connectivity index (χ2v) is 3.80. The van der Waals surface area contributed by atoms with Gasteiger partial charge in [-0.1, -0.05) is 0 Å². The average Bonchev–Trinajstić information content (AvgIpc) is 2.21. The van der Waals surface area contributed by atoms with Gasteiger partial charge in [-0.05, 0) is 27.2 Å². The van der Waals surface area contributed by atoms with Gasteiger partial charge in [0.15, 0.2) is 0 Å². The SMILES string of the molecule is CNCc1cc(F)cnc1OCCN(C)C. The lowest BCUT2D eigenvalue weighted by Crippen LogP contribution is -2.20. The highest BCUT2D eigenvalue weighted by Gasteiger charge is 2.06. The minimum Gasteiger partial charge on any atom is -0.476 e. The number of pyridine rings is 1. The van der Waals surface area contributed by atoms with Gasteiger partial charge in [0.25, 0.3) is 0 Å². The number of ether oxygens (including phenoxy) is 1. The Bertz CT molecular complexity index is 331. The van der Waals surface area contributed by atoms with E-state index in [0.717, 1.165) is 12.1 Å². The molecule has 1 aromatic rings. The van der Waals surface area contributed by atoms with Crippen LogP contribution in [0.25, 0.3) is 0 Å². The van der Waals surface area contributed by atoms with Crippen molar-refractivity contribution in [3.8, 4) is 5.88 Å². The molecule has 1 N–H and O–H groups in total. The smallest absolute Gasteiger partial charge is 0.218 e. The van der Waals surface area contributed by atoms with Crippen molar-refractivity contribution in [2.75, 3.05) is 34.3 Å². The first-order valence-corrected chi connectivity index (χ1v) is 5.20. The molecule has 0 unspecified atom stereocenters. The highest BCUT2D eigenvalue weighted by molar-refractivity contribution is 5.25. The van der Waals surface area contributed by atoms with Crippen molar-refractivity contribution < 1.29 is 9.13 Å². The molecule has 0 aliphatic heterocycles. The van der Waals surface area contributed by atoms with E-state index in [2.05, 4.69) is 10.3 Å². The molecule has 90 valence electrons. The first-order chi connectivity index (χ1) is 7.63. The zero-order valence-electron chi connectivity index (χ0n) is 9.96. The molecule has 0 saturated heterocycles. The van der Waals surface area contributed by atoms with Crippen molar-refractivity contribution in [2.24, 2.45) is 0 Å². The lowest BCUT2D eigenvalue weighted by Gasteiger charge is -2.12. The molecule has 0 amide bonds. The summed E-state index contributed by atoms with van der Waals surface area (Å²) in [6.45, 7) is 1.89. The zero-order valence-corrected chi connectivity index (χ0v) is 9.96. The molecule has 0 radical (unpaired) electrons. The van der Waals surface area contributed by atoms with Crippen LogP contribution >= 0.6 is 0 Å². The van der Waals surface area contributed by atoms with E-state index in [1.165, 1.54) is 12.3 Å². The lowest BCUT2D eigenvalue weighted by atomic mass is 10.2. The second kappa shape index (κ2) is 6.40. The van der Waals surface area contributed by atoms with E-state index in [0.29, 0.717) is 19.0 Å². The van der Waals surface area contributed by atoms with Crippen LogP contribution in [0.3, 0.4) is 0 Å². The Morgan fingerprint density at radius 2 is 2.25 bits per heavy atom. The third kappa shape index (κ3) is 4.12. The van der Waals surface area contributed by atoms with Gasteiger partial charge in [-0.2, -0.15) is 0 Å². The van der Waals surface area contributed by atoms with Gasteiger partial charge in [-0.3, -0.25) is 0 Å². The number of rotatable bonds is 6. The number of halogens is 1. The number of hydrogen-bond acceptors (Lipinski definition) is 4. The molecule has 0 bridgehead atoms. The third-order valence-electron chi connectivity index (χ3n) is 2.04. The van der Waals surface area contributed by atoms with Gasteiger partial charge < -0.3 is 15.0 Å². The molecule has 1 rings (SSSR count). The lowest BCUT2D eigenvalue weighted by molar-refractivity contribution is 0.251. The van der Waals surface area contributed by atoms with Crippen LogP contribution in [0.5, 0.6) is 5.88 Å². The summed E-state index contributed by atoms with van der Waals surface area (Å²) in [5.41, 5.74) is 0.737. The molecule has 0 aliphatic rings. The number of aromatic nitrogens is 1. The van der Waals surface area contributed by atoms with Crippen LogP contribution in [0.2, 0.25) is 0 Å². The normalized spacial score (nSPS) is 10.8. The van der Waals surface area contributed by atoms with Crippen LogP contribution in [0, 0.1) is 5.82 Å². The molecule has 1 heterocycles. The van der Waals surface area contributed by atoms with Gasteiger partial charge in [0.05, 0.1) is 6.20 Å². The maximum atomic E-state index is 13.0. The van der Waals surface area contributed by atoms with E-state index in [4.69, 9.17) is 4.74 Å². The molecule has 0 saturated carbocycles. The molecule has 16 heavy (non-hydrogen) atoms. The summed E-state index contributed by atoms with van der Waals surface area (Å²) in [5.74, 6) is 0.155. The summed E-state index contributed by atoms with van der Waals surface area (Å²) >= 11 is 0. The Kier molecular flexibility index (Phi) is 5.14. The van der Waals surface area contributed by atoms with E-state index in [9.17, 15) is 4.39 Å². The fourth-order valence-electron chi connectivity index (χ4n) is 1.24. The summed E-state index contributed by atoms with van der Waals surface area (Å²) in [7, 11) is 5.74.